The highest BCUT2D eigenvalue weighted by atomic mass is 19.3. The SMILES string of the molecule is CO[C@@H]1CCOC[C@H]1NC(=O)c1cc(C(F)F)n(C)n1. The van der Waals surface area contributed by atoms with Gasteiger partial charge in [0.1, 0.15) is 5.69 Å². The van der Waals surface area contributed by atoms with Crippen LogP contribution in [-0.4, -0.2) is 48.2 Å². The molecule has 1 aromatic rings. The number of rotatable bonds is 4. The van der Waals surface area contributed by atoms with Crippen molar-refractivity contribution in [3.05, 3.63) is 17.5 Å². The molecule has 0 aromatic carbocycles. The average Bonchev–Trinajstić information content (AvgIpc) is 2.81. The zero-order valence-corrected chi connectivity index (χ0v) is 11.3. The molecule has 0 bridgehead atoms. The Kier molecular flexibility index (Phi) is 4.66. The molecule has 112 valence electrons. The summed E-state index contributed by atoms with van der Waals surface area (Å²) in [4.78, 5) is 12.0. The van der Waals surface area contributed by atoms with Crippen molar-refractivity contribution in [1.82, 2.24) is 15.1 Å². The second-order valence-electron chi connectivity index (χ2n) is 4.60. The summed E-state index contributed by atoms with van der Waals surface area (Å²) in [6.07, 6.45) is -2.14. The van der Waals surface area contributed by atoms with Crippen molar-refractivity contribution in [2.75, 3.05) is 20.3 Å². The van der Waals surface area contributed by atoms with Gasteiger partial charge in [-0.3, -0.25) is 9.48 Å². The van der Waals surface area contributed by atoms with E-state index in [1.165, 1.54) is 7.05 Å². The maximum Gasteiger partial charge on any atom is 0.280 e. The number of carbonyl (C=O) groups is 1. The minimum Gasteiger partial charge on any atom is -0.379 e. The van der Waals surface area contributed by atoms with Gasteiger partial charge in [0, 0.05) is 20.8 Å². The number of alkyl halides is 2. The third-order valence-corrected chi connectivity index (χ3v) is 3.28. The first-order valence-corrected chi connectivity index (χ1v) is 6.26. The highest BCUT2D eigenvalue weighted by Crippen LogP contribution is 2.19. The van der Waals surface area contributed by atoms with Gasteiger partial charge in [-0.1, -0.05) is 0 Å². The minimum atomic E-state index is -2.67. The van der Waals surface area contributed by atoms with Crippen LogP contribution in [0.1, 0.15) is 29.0 Å². The van der Waals surface area contributed by atoms with Crippen LogP contribution in [0, 0.1) is 0 Å². The van der Waals surface area contributed by atoms with Gasteiger partial charge in [-0.25, -0.2) is 8.78 Å². The molecule has 2 atom stereocenters. The van der Waals surface area contributed by atoms with Crippen LogP contribution in [0.3, 0.4) is 0 Å². The summed E-state index contributed by atoms with van der Waals surface area (Å²) >= 11 is 0. The first-order valence-electron chi connectivity index (χ1n) is 6.26. The lowest BCUT2D eigenvalue weighted by molar-refractivity contribution is -0.0349. The van der Waals surface area contributed by atoms with Crippen LogP contribution in [-0.2, 0) is 16.5 Å². The van der Waals surface area contributed by atoms with Gasteiger partial charge in [0.15, 0.2) is 5.69 Å². The van der Waals surface area contributed by atoms with E-state index in [0.717, 1.165) is 10.7 Å². The van der Waals surface area contributed by atoms with Crippen LogP contribution >= 0.6 is 0 Å². The van der Waals surface area contributed by atoms with Crippen molar-refractivity contribution in [2.45, 2.75) is 25.0 Å². The Hall–Kier alpha value is -1.54. The monoisotopic (exact) mass is 289 g/mol. The van der Waals surface area contributed by atoms with E-state index >= 15 is 0 Å². The molecular weight excluding hydrogens is 272 g/mol. The summed E-state index contributed by atoms with van der Waals surface area (Å²) in [5.41, 5.74) is -0.332. The van der Waals surface area contributed by atoms with Gasteiger partial charge < -0.3 is 14.8 Å². The van der Waals surface area contributed by atoms with Crippen LogP contribution in [0.4, 0.5) is 8.78 Å². The van der Waals surface area contributed by atoms with Gasteiger partial charge in [0.05, 0.1) is 18.8 Å². The second-order valence-corrected chi connectivity index (χ2v) is 4.60. The molecule has 2 heterocycles. The Bertz CT molecular complexity index is 479. The van der Waals surface area contributed by atoms with Crippen molar-refractivity contribution in [3.63, 3.8) is 0 Å². The first kappa shape index (κ1) is 14.9. The molecule has 20 heavy (non-hydrogen) atoms. The zero-order chi connectivity index (χ0) is 14.7. The predicted molar refractivity (Wildman–Crippen MR) is 65.7 cm³/mol. The summed E-state index contributed by atoms with van der Waals surface area (Å²) in [6.45, 7) is 0.906. The van der Waals surface area contributed by atoms with Crippen molar-refractivity contribution in [1.29, 1.82) is 0 Å². The summed E-state index contributed by atoms with van der Waals surface area (Å²) < 4.78 is 36.8. The Balaban J connectivity index is 2.05. The first-order chi connectivity index (χ1) is 9.52. The molecule has 1 saturated heterocycles. The zero-order valence-electron chi connectivity index (χ0n) is 11.3. The lowest BCUT2D eigenvalue weighted by Gasteiger charge is -2.30. The predicted octanol–water partition coefficient (Wildman–Crippen LogP) is 0.891. The van der Waals surface area contributed by atoms with Crippen LogP contribution in [0.5, 0.6) is 0 Å². The van der Waals surface area contributed by atoms with E-state index in [1.807, 2.05) is 0 Å². The van der Waals surface area contributed by atoms with E-state index in [9.17, 15) is 13.6 Å². The summed E-state index contributed by atoms with van der Waals surface area (Å²) in [5.74, 6) is -0.509. The van der Waals surface area contributed by atoms with Crippen LogP contribution < -0.4 is 5.32 Å². The molecule has 1 aliphatic heterocycles. The van der Waals surface area contributed by atoms with E-state index in [4.69, 9.17) is 9.47 Å². The molecule has 0 unspecified atom stereocenters. The molecule has 0 aliphatic carbocycles. The third-order valence-electron chi connectivity index (χ3n) is 3.28. The number of halogens is 2. The molecule has 1 N–H and O–H groups in total. The molecule has 0 spiro atoms. The van der Waals surface area contributed by atoms with Gasteiger partial charge >= 0.3 is 0 Å². The van der Waals surface area contributed by atoms with Crippen molar-refractivity contribution >= 4 is 5.91 Å². The van der Waals surface area contributed by atoms with Crippen molar-refractivity contribution in [3.8, 4) is 0 Å². The van der Waals surface area contributed by atoms with Crippen LogP contribution in [0.25, 0.3) is 0 Å². The number of nitrogens with one attached hydrogen (secondary N) is 1. The van der Waals surface area contributed by atoms with Crippen molar-refractivity contribution in [2.24, 2.45) is 7.05 Å². The molecule has 1 aromatic heterocycles. The fourth-order valence-corrected chi connectivity index (χ4v) is 2.17. The molecule has 1 fully saturated rings. The van der Waals surface area contributed by atoms with Gasteiger partial charge in [-0.2, -0.15) is 5.10 Å². The second kappa shape index (κ2) is 6.27. The number of aryl methyl sites for hydroxylation is 1. The number of ether oxygens (including phenoxy) is 2. The number of hydrogen-bond acceptors (Lipinski definition) is 4. The smallest absolute Gasteiger partial charge is 0.280 e. The van der Waals surface area contributed by atoms with Crippen molar-refractivity contribution < 1.29 is 23.0 Å². The lowest BCUT2D eigenvalue weighted by atomic mass is 10.1. The van der Waals surface area contributed by atoms with Gasteiger partial charge in [-0.15, -0.1) is 0 Å². The van der Waals surface area contributed by atoms with E-state index < -0.39 is 12.3 Å². The highest BCUT2D eigenvalue weighted by Gasteiger charge is 2.28. The fourth-order valence-electron chi connectivity index (χ4n) is 2.17. The maximum atomic E-state index is 12.6. The normalized spacial score (nSPS) is 23.1. The number of amides is 1. The summed E-state index contributed by atoms with van der Waals surface area (Å²) in [6, 6.07) is 0.782. The lowest BCUT2D eigenvalue weighted by Crippen LogP contribution is -2.50. The Morgan fingerprint density at radius 3 is 3.00 bits per heavy atom. The average molecular weight is 289 g/mol. The number of aromatic nitrogens is 2. The van der Waals surface area contributed by atoms with E-state index in [0.29, 0.717) is 19.6 Å². The molecule has 0 saturated carbocycles. The van der Waals surface area contributed by atoms with Gasteiger partial charge in [0.2, 0.25) is 0 Å². The summed E-state index contributed by atoms with van der Waals surface area (Å²) in [7, 11) is 2.94. The largest absolute Gasteiger partial charge is 0.379 e. The van der Waals surface area contributed by atoms with Gasteiger partial charge in [-0.05, 0) is 12.5 Å². The van der Waals surface area contributed by atoms with Gasteiger partial charge in [0.25, 0.3) is 12.3 Å². The Morgan fingerprint density at radius 2 is 2.40 bits per heavy atom. The van der Waals surface area contributed by atoms with E-state index in [-0.39, 0.29) is 23.5 Å². The highest BCUT2D eigenvalue weighted by molar-refractivity contribution is 5.92. The molecular formula is C12H17F2N3O3. The molecule has 2 rings (SSSR count). The van der Waals surface area contributed by atoms with Crippen LogP contribution in [0.2, 0.25) is 0 Å². The third kappa shape index (κ3) is 3.13. The quantitative estimate of drug-likeness (QED) is 0.894. The fraction of sp³-hybridized carbons (Fsp3) is 0.667. The number of carbonyl (C=O) groups excluding carboxylic acids is 1. The number of methoxy groups -OCH3 is 1. The summed E-state index contributed by atoms with van der Waals surface area (Å²) in [5, 5.41) is 6.50. The molecule has 1 amide bonds. The molecule has 1 aliphatic rings. The molecule has 6 nitrogen and oxygen atoms in total. The number of hydrogen-bond donors (Lipinski definition) is 1. The van der Waals surface area contributed by atoms with E-state index in [1.54, 1.807) is 7.11 Å². The molecule has 0 radical (unpaired) electrons. The van der Waals surface area contributed by atoms with E-state index in [2.05, 4.69) is 10.4 Å². The Labute approximate surface area is 115 Å². The minimum absolute atomic E-state index is 0.0387. The number of nitrogens with zero attached hydrogens (tertiary/aromatic N) is 2. The Morgan fingerprint density at radius 1 is 1.65 bits per heavy atom. The van der Waals surface area contributed by atoms with Crippen LogP contribution in [0.15, 0.2) is 6.07 Å². The maximum absolute atomic E-state index is 12.6. The molecule has 8 heteroatoms. The topological polar surface area (TPSA) is 65.4 Å². The standard InChI is InChI=1S/C12H17F2N3O3/c1-17-9(11(13)14)5-7(16-17)12(18)15-8-6-20-4-3-10(8)19-2/h5,8,10-11H,3-4,6H2,1-2H3,(H,15,18)/t8-,10-/m1/s1.